The lowest BCUT2D eigenvalue weighted by molar-refractivity contribution is -0.0124. The molecule has 0 heterocycles. The van der Waals surface area contributed by atoms with Crippen LogP contribution < -0.4 is 10.1 Å². The summed E-state index contributed by atoms with van der Waals surface area (Å²) in [5.41, 5.74) is 4.55. The molecule has 2 fully saturated rings. The second kappa shape index (κ2) is 8.06. The molecule has 0 amide bonds. The number of nitrogens with one attached hydrogen (secondary N) is 1. The highest BCUT2D eigenvalue weighted by molar-refractivity contribution is 9.10. The minimum Gasteiger partial charge on any atom is -0.497 e. The van der Waals surface area contributed by atoms with Crippen molar-refractivity contribution < 1.29 is 4.74 Å². The average Bonchev–Trinajstić information content (AvgIpc) is 2.75. The number of aryl methyl sites for hydroxylation is 1. The van der Waals surface area contributed by atoms with Crippen LogP contribution in [0.4, 0.5) is 5.69 Å². The van der Waals surface area contributed by atoms with Gasteiger partial charge in [-0.2, -0.15) is 0 Å². The van der Waals surface area contributed by atoms with Gasteiger partial charge in [0, 0.05) is 21.6 Å². The summed E-state index contributed by atoms with van der Waals surface area (Å²) in [6, 6.07) is 15.6. The van der Waals surface area contributed by atoms with Crippen LogP contribution in [0.5, 0.6) is 5.75 Å². The number of alkyl halides is 1. The van der Waals surface area contributed by atoms with Crippen molar-refractivity contribution in [2.24, 2.45) is 17.3 Å². The summed E-state index contributed by atoms with van der Waals surface area (Å²) < 4.78 is 6.62. The molecule has 0 radical (unpaired) electrons. The van der Waals surface area contributed by atoms with Gasteiger partial charge in [-0.05, 0) is 113 Å². The van der Waals surface area contributed by atoms with Crippen LogP contribution in [-0.4, -0.2) is 18.5 Å². The molecule has 2 saturated carbocycles. The topological polar surface area (TPSA) is 21.3 Å². The molecule has 0 aromatic heterocycles. The van der Waals surface area contributed by atoms with Crippen molar-refractivity contribution in [3.05, 3.63) is 58.1 Å². The van der Waals surface area contributed by atoms with E-state index in [-0.39, 0.29) is 10.8 Å². The molecule has 0 aliphatic heterocycles. The van der Waals surface area contributed by atoms with Gasteiger partial charge in [-0.1, -0.05) is 25.1 Å². The highest BCUT2D eigenvalue weighted by Gasteiger charge is 2.54. The van der Waals surface area contributed by atoms with E-state index in [0.717, 1.165) is 35.4 Å². The molecule has 2 aromatic carbocycles. The van der Waals surface area contributed by atoms with E-state index in [2.05, 4.69) is 70.6 Å². The maximum atomic E-state index is 6.90. The number of fused-ring (bicyclic) bond motifs is 5. The van der Waals surface area contributed by atoms with E-state index in [1.807, 2.05) is 0 Å². The van der Waals surface area contributed by atoms with Crippen LogP contribution in [0.15, 0.2) is 46.9 Å². The van der Waals surface area contributed by atoms with Crippen LogP contribution in [-0.2, 0) is 6.42 Å². The molecule has 160 valence electrons. The number of anilines is 1. The average molecular weight is 489 g/mol. The van der Waals surface area contributed by atoms with Crippen molar-refractivity contribution in [3.63, 3.8) is 0 Å². The van der Waals surface area contributed by atoms with Crippen LogP contribution in [0.3, 0.4) is 0 Å². The summed E-state index contributed by atoms with van der Waals surface area (Å²) >= 11 is 10.6. The molecule has 2 aromatic rings. The molecule has 3 aliphatic rings. The summed E-state index contributed by atoms with van der Waals surface area (Å²) in [7, 11) is 1.76. The minimum atomic E-state index is 0.249. The predicted molar refractivity (Wildman–Crippen MR) is 129 cm³/mol. The number of ether oxygens (including phenoxy) is 1. The van der Waals surface area contributed by atoms with Gasteiger partial charge in [-0.3, -0.25) is 0 Å². The Labute approximate surface area is 193 Å². The number of para-hydroxylation sites is 1. The molecule has 5 rings (SSSR count). The summed E-state index contributed by atoms with van der Waals surface area (Å²) in [6.45, 7) is 2.54. The quantitative estimate of drug-likeness (QED) is 0.454. The zero-order valence-electron chi connectivity index (χ0n) is 17.8. The maximum Gasteiger partial charge on any atom is 0.119 e. The normalized spacial score (nSPS) is 35.0. The van der Waals surface area contributed by atoms with Crippen LogP contribution in [0, 0.1) is 17.3 Å². The largest absolute Gasteiger partial charge is 0.497 e. The second-order valence-electron chi connectivity index (χ2n) is 9.77. The van der Waals surface area contributed by atoms with Crippen molar-refractivity contribution in [3.8, 4) is 5.75 Å². The molecule has 0 unspecified atom stereocenters. The van der Waals surface area contributed by atoms with Crippen molar-refractivity contribution in [1.82, 2.24) is 0 Å². The first-order valence-corrected chi connectivity index (χ1v) is 12.5. The fourth-order valence-corrected chi connectivity index (χ4v) is 7.57. The van der Waals surface area contributed by atoms with E-state index < -0.39 is 0 Å². The van der Waals surface area contributed by atoms with E-state index in [1.54, 1.807) is 12.7 Å². The predicted octanol–water partition coefficient (Wildman–Crippen LogP) is 7.40. The third-order valence-electron chi connectivity index (χ3n) is 8.37. The third kappa shape index (κ3) is 3.46. The monoisotopic (exact) mass is 487 g/mol. The van der Waals surface area contributed by atoms with E-state index in [9.17, 15) is 0 Å². The van der Waals surface area contributed by atoms with Gasteiger partial charge >= 0.3 is 0 Å². The number of halogens is 2. The Bertz CT molecular complexity index is 933. The van der Waals surface area contributed by atoms with Crippen LogP contribution >= 0.6 is 27.5 Å². The molecule has 0 bridgehead atoms. The van der Waals surface area contributed by atoms with Crippen molar-refractivity contribution >= 4 is 33.2 Å². The maximum absolute atomic E-state index is 6.90. The molecule has 0 saturated heterocycles. The van der Waals surface area contributed by atoms with Gasteiger partial charge < -0.3 is 10.1 Å². The first-order valence-electron chi connectivity index (χ1n) is 11.3. The lowest BCUT2D eigenvalue weighted by Crippen LogP contribution is -2.55. The first-order chi connectivity index (χ1) is 14.5. The Hall–Kier alpha value is -1.19. The molecular weight excluding hydrogens is 458 g/mol. The van der Waals surface area contributed by atoms with E-state index in [1.165, 1.54) is 30.5 Å². The van der Waals surface area contributed by atoms with E-state index in [0.29, 0.717) is 17.9 Å². The zero-order valence-corrected chi connectivity index (χ0v) is 20.2. The lowest BCUT2D eigenvalue weighted by Gasteiger charge is -2.58. The van der Waals surface area contributed by atoms with Crippen LogP contribution in [0.2, 0.25) is 0 Å². The number of rotatable bonds is 3. The van der Waals surface area contributed by atoms with Crippen molar-refractivity contribution in [2.75, 3.05) is 12.4 Å². The van der Waals surface area contributed by atoms with E-state index >= 15 is 0 Å². The molecule has 0 spiro atoms. The SMILES string of the molecule is COc1ccc2c(c1)CC[C@@H]1[C@@H]2CC[C@]2(C)[C@@H](Nc3ccccc3Br)C[C@@H](Cl)C[C@@H]12. The molecular formula is C26H31BrClNO. The van der Waals surface area contributed by atoms with Crippen molar-refractivity contribution in [1.29, 1.82) is 0 Å². The zero-order chi connectivity index (χ0) is 20.9. The fourth-order valence-electron chi connectivity index (χ4n) is 6.80. The summed E-state index contributed by atoms with van der Waals surface area (Å²) in [6.07, 6.45) is 7.17. The summed E-state index contributed by atoms with van der Waals surface area (Å²) in [5, 5.41) is 4.15. The molecule has 30 heavy (non-hydrogen) atoms. The number of benzene rings is 2. The summed E-state index contributed by atoms with van der Waals surface area (Å²) in [4.78, 5) is 0. The molecule has 2 nitrogen and oxygen atoms in total. The molecule has 4 heteroatoms. The third-order valence-corrected chi connectivity index (χ3v) is 9.42. The Morgan fingerprint density at radius 3 is 2.77 bits per heavy atom. The smallest absolute Gasteiger partial charge is 0.119 e. The van der Waals surface area contributed by atoms with Crippen LogP contribution in [0.25, 0.3) is 0 Å². The fraction of sp³-hybridized carbons (Fsp3) is 0.538. The van der Waals surface area contributed by atoms with Gasteiger partial charge in [0.05, 0.1) is 7.11 Å². The van der Waals surface area contributed by atoms with Gasteiger partial charge in [0.2, 0.25) is 0 Å². The molecule has 6 atom stereocenters. The number of hydrogen-bond donors (Lipinski definition) is 1. The number of hydrogen-bond acceptors (Lipinski definition) is 2. The standard InChI is InChI=1S/C26H31BrClNO/c1-26-12-11-20-19-10-8-18(30-2)13-16(19)7-9-21(20)22(26)14-17(28)15-25(26)29-24-6-4-3-5-23(24)27/h3-6,8,10,13,17,20-22,25,29H,7,9,11-12,14-15H2,1-2H3/t17-,20+,21+,22-,25-,26-/m0/s1. The Balaban J connectivity index is 1.45. The highest BCUT2D eigenvalue weighted by Crippen LogP contribution is 2.60. The Morgan fingerprint density at radius 2 is 1.97 bits per heavy atom. The minimum absolute atomic E-state index is 0.249. The first kappa shape index (κ1) is 20.7. The van der Waals surface area contributed by atoms with Gasteiger partial charge in [-0.15, -0.1) is 11.6 Å². The second-order valence-corrected chi connectivity index (χ2v) is 11.2. The highest BCUT2D eigenvalue weighted by atomic mass is 79.9. The summed E-state index contributed by atoms with van der Waals surface area (Å²) in [5.74, 6) is 3.06. The van der Waals surface area contributed by atoms with Gasteiger partial charge in [0.25, 0.3) is 0 Å². The van der Waals surface area contributed by atoms with Crippen LogP contribution in [0.1, 0.15) is 56.1 Å². The molecule has 1 N–H and O–H groups in total. The van der Waals surface area contributed by atoms with Gasteiger partial charge in [0.15, 0.2) is 0 Å². The Kier molecular flexibility index (Phi) is 5.56. The van der Waals surface area contributed by atoms with E-state index in [4.69, 9.17) is 16.3 Å². The van der Waals surface area contributed by atoms with Crippen molar-refractivity contribution in [2.45, 2.75) is 62.8 Å². The Morgan fingerprint density at radius 1 is 1.13 bits per heavy atom. The molecule has 3 aliphatic carbocycles. The van der Waals surface area contributed by atoms with Gasteiger partial charge in [-0.25, -0.2) is 0 Å². The lowest BCUT2D eigenvalue weighted by atomic mass is 9.49. The number of methoxy groups -OCH3 is 1. The van der Waals surface area contributed by atoms with Gasteiger partial charge in [0.1, 0.15) is 5.75 Å².